The lowest BCUT2D eigenvalue weighted by Crippen LogP contribution is -2.59. The Balaban J connectivity index is 1.51. The SMILES string of the molecule is CC[C@H]1CN([C@H](C)c2ccn3nc(C)c(F)c3n2)[C@H](CC)CN1c1nc(=O)n(C)c2cn(CC#N)nc12. The van der Waals surface area contributed by atoms with Crippen molar-refractivity contribution in [2.45, 2.75) is 65.2 Å². The molecule has 12 heteroatoms. The molecule has 0 N–H and O–H groups in total. The topological polar surface area (TPSA) is 113 Å². The lowest BCUT2D eigenvalue weighted by molar-refractivity contribution is 0.0988. The molecule has 37 heavy (non-hydrogen) atoms. The van der Waals surface area contributed by atoms with Crippen LogP contribution in [0.15, 0.2) is 23.3 Å². The van der Waals surface area contributed by atoms with Gasteiger partial charge in [-0.05, 0) is 32.8 Å². The van der Waals surface area contributed by atoms with E-state index in [1.165, 1.54) is 9.08 Å². The number of aryl methyl sites for hydroxylation is 2. The van der Waals surface area contributed by atoms with Crippen LogP contribution in [0.4, 0.5) is 10.2 Å². The van der Waals surface area contributed by atoms with Crippen LogP contribution >= 0.6 is 0 Å². The van der Waals surface area contributed by atoms with Crippen LogP contribution in [0.25, 0.3) is 16.7 Å². The van der Waals surface area contributed by atoms with E-state index in [4.69, 9.17) is 5.26 Å². The number of fused-ring (bicyclic) bond motifs is 2. The molecule has 0 aromatic carbocycles. The molecule has 0 radical (unpaired) electrons. The first-order valence-corrected chi connectivity index (χ1v) is 12.6. The maximum Gasteiger partial charge on any atom is 0.349 e. The Morgan fingerprint density at radius 2 is 1.95 bits per heavy atom. The average Bonchev–Trinajstić information content (AvgIpc) is 3.45. The van der Waals surface area contributed by atoms with Crippen molar-refractivity contribution in [3.05, 3.63) is 46.1 Å². The van der Waals surface area contributed by atoms with Gasteiger partial charge >= 0.3 is 5.69 Å². The summed E-state index contributed by atoms with van der Waals surface area (Å²) in [5.41, 5.74) is 2.27. The van der Waals surface area contributed by atoms with E-state index < -0.39 is 5.82 Å². The Hall–Kier alpha value is -3.85. The molecule has 0 bridgehead atoms. The van der Waals surface area contributed by atoms with Crippen LogP contribution in [0.1, 0.15) is 51.0 Å². The van der Waals surface area contributed by atoms with Crippen molar-refractivity contribution < 1.29 is 4.39 Å². The van der Waals surface area contributed by atoms with E-state index in [2.05, 4.69) is 56.8 Å². The standard InChI is InChI=1S/C25H31FN10O/c1-6-17-13-35(24-22-20(32(5)25(37)29-24)14-33(31-22)11-9-27)18(7-2)12-34(17)16(4)19-8-10-36-23(28-19)21(26)15(3)30-36/h8,10,14,16-18H,6-7,11-13H2,1-5H3/t16-,17-,18+/m1/s1. The molecule has 3 atom stereocenters. The summed E-state index contributed by atoms with van der Waals surface area (Å²) in [6.07, 6.45) is 5.19. The van der Waals surface area contributed by atoms with Crippen LogP contribution in [-0.2, 0) is 13.6 Å². The normalized spacial score (nSPS) is 19.5. The average molecular weight is 507 g/mol. The quantitative estimate of drug-likeness (QED) is 0.392. The van der Waals surface area contributed by atoms with Crippen molar-refractivity contribution in [1.29, 1.82) is 5.26 Å². The monoisotopic (exact) mass is 506 g/mol. The molecule has 0 aliphatic carbocycles. The number of piperazine rings is 1. The largest absolute Gasteiger partial charge is 0.349 e. The van der Waals surface area contributed by atoms with Gasteiger partial charge in [0.05, 0.1) is 29.2 Å². The van der Waals surface area contributed by atoms with Crippen LogP contribution < -0.4 is 10.6 Å². The molecule has 1 aliphatic heterocycles. The smallest absolute Gasteiger partial charge is 0.349 e. The highest BCUT2D eigenvalue weighted by Crippen LogP contribution is 2.33. The van der Waals surface area contributed by atoms with Gasteiger partial charge in [-0.2, -0.15) is 20.4 Å². The fourth-order valence-corrected chi connectivity index (χ4v) is 5.34. The second-order valence-corrected chi connectivity index (χ2v) is 9.66. The Labute approximate surface area is 213 Å². The summed E-state index contributed by atoms with van der Waals surface area (Å²) in [6, 6.07) is 4.18. The van der Waals surface area contributed by atoms with Crippen molar-refractivity contribution in [3.8, 4) is 6.07 Å². The molecule has 4 aromatic heterocycles. The molecular weight excluding hydrogens is 475 g/mol. The number of nitrogens with zero attached hydrogens (tertiary/aromatic N) is 10. The number of hydrogen-bond acceptors (Lipinski definition) is 8. The van der Waals surface area contributed by atoms with E-state index in [9.17, 15) is 9.18 Å². The van der Waals surface area contributed by atoms with Crippen LogP contribution in [-0.4, -0.2) is 64.0 Å². The predicted octanol–water partition coefficient (Wildman–Crippen LogP) is 2.58. The van der Waals surface area contributed by atoms with Crippen LogP contribution in [0.3, 0.4) is 0 Å². The van der Waals surface area contributed by atoms with Crippen molar-refractivity contribution in [2.24, 2.45) is 7.05 Å². The molecule has 1 saturated heterocycles. The first-order chi connectivity index (χ1) is 17.8. The fraction of sp³-hybridized carbons (Fsp3) is 0.520. The van der Waals surface area contributed by atoms with Gasteiger partial charge in [0.15, 0.2) is 22.8 Å². The van der Waals surface area contributed by atoms with Gasteiger partial charge < -0.3 is 4.90 Å². The number of aromatic nitrogens is 7. The van der Waals surface area contributed by atoms with Crippen molar-refractivity contribution >= 4 is 22.5 Å². The molecule has 1 aliphatic rings. The van der Waals surface area contributed by atoms with Gasteiger partial charge in [0, 0.05) is 44.5 Å². The first-order valence-electron chi connectivity index (χ1n) is 12.6. The zero-order chi connectivity index (χ0) is 26.4. The zero-order valence-electron chi connectivity index (χ0n) is 21.8. The minimum Gasteiger partial charge on any atom is -0.349 e. The minimum absolute atomic E-state index is 0.0489. The summed E-state index contributed by atoms with van der Waals surface area (Å²) >= 11 is 0. The van der Waals surface area contributed by atoms with Crippen molar-refractivity contribution in [3.63, 3.8) is 0 Å². The highest BCUT2D eigenvalue weighted by atomic mass is 19.1. The summed E-state index contributed by atoms with van der Waals surface area (Å²) in [5.74, 6) is 0.165. The predicted molar refractivity (Wildman–Crippen MR) is 137 cm³/mol. The molecule has 0 unspecified atom stereocenters. The minimum atomic E-state index is -0.395. The molecule has 5 heterocycles. The van der Waals surface area contributed by atoms with E-state index in [1.54, 1.807) is 31.0 Å². The van der Waals surface area contributed by atoms with E-state index in [0.717, 1.165) is 25.1 Å². The van der Waals surface area contributed by atoms with Crippen LogP contribution in [0, 0.1) is 24.1 Å². The van der Waals surface area contributed by atoms with Crippen molar-refractivity contribution in [2.75, 3.05) is 18.0 Å². The van der Waals surface area contributed by atoms with Gasteiger partial charge in [-0.25, -0.2) is 18.7 Å². The maximum absolute atomic E-state index is 14.6. The Morgan fingerprint density at radius 1 is 1.19 bits per heavy atom. The first kappa shape index (κ1) is 24.8. The third-order valence-corrected chi connectivity index (χ3v) is 7.53. The van der Waals surface area contributed by atoms with E-state index in [0.29, 0.717) is 29.1 Å². The second-order valence-electron chi connectivity index (χ2n) is 9.66. The second kappa shape index (κ2) is 9.55. The third kappa shape index (κ3) is 4.13. The lowest BCUT2D eigenvalue weighted by atomic mass is 9.99. The van der Waals surface area contributed by atoms with Gasteiger partial charge in [-0.15, -0.1) is 0 Å². The molecule has 1 fully saturated rings. The zero-order valence-corrected chi connectivity index (χ0v) is 21.8. The number of anilines is 1. The lowest BCUT2D eigenvalue weighted by Gasteiger charge is -2.48. The molecule has 0 amide bonds. The number of halogens is 1. The highest BCUT2D eigenvalue weighted by molar-refractivity contribution is 5.85. The number of hydrogen-bond donors (Lipinski definition) is 0. The van der Waals surface area contributed by atoms with Gasteiger partial charge in [-0.3, -0.25) is 14.1 Å². The highest BCUT2D eigenvalue weighted by Gasteiger charge is 2.37. The molecule has 4 aromatic rings. The summed E-state index contributed by atoms with van der Waals surface area (Å²) in [5, 5.41) is 17.9. The Bertz CT molecular complexity index is 1560. The van der Waals surface area contributed by atoms with Crippen LogP contribution in [0.2, 0.25) is 0 Å². The Kier molecular flexibility index (Phi) is 6.41. The summed E-state index contributed by atoms with van der Waals surface area (Å²) in [4.78, 5) is 26.4. The molecule has 0 saturated carbocycles. The Morgan fingerprint density at radius 3 is 2.65 bits per heavy atom. The van der Waals surface area contributed by atoms with E-state index >= 15 is 0 Å². The summed E-state index contributed by atoms with van der Waals surface area (Å²) in [6.45, 7) is 9.47. The van der Waals surface area contributed by atoms with Gasteiger partial charge in [0.2, 0.25) is 0 Å². The van der Waals surface area contributed by atoms with Crippen molar-refractivity contribution in [1.82, 2.24) is 38.8 Å². The van der Waals surface area contributed by atoms with Crippen LogP contribution in [0.5, 0.6) is 0 Å². The third-order valence-electron chi connectivity index (χ3n) is 7.53. The molecular formula is C25H31FN10O. The molecule has 5 rings (SSSR count). The number of rotatable bonds is 6. The fourth-order valence-electron chi connectivity index (χ4n) is 5.34. The molecule has 194 valence electrons. The molecule has 0 spiro atoms. The van der Waals surface area contributed by atoms with Gasteiger partial charge in [0.25, 0.3) is 0 Å². The van der Waals surface area contributed by atoms with Gasteiger partial charge in [0.1, 0.15) is 6.54 Å². The van der Waals surface area contributed by atoms with Gasteiger partial charge in [-0.1, -0.05) is 13.8 Å². The maximum atomic E-state index is 14.6. The molecule has 11 nitrogen and oxygen atoms in total. The summed E-state index contributed by atoms with van der Waals surface area (Å²) < 4.78 is 19.0. The summed E-state index contributed by atoms with van der Waals surface area (Å²) in [7, 11) is 1.67. The van der Waals surface area contributed by atoms with E-state index in [-0.39, 0.29) is 36.0 Å². The van der Waals surface area contributed by atoms with E-state index in [1.807, 2.05) is 6.07 Å². The number of nitriles is 1.